The number of rotatable bonds is 8. The van der Waals surface area contributed by atoms with Crippen molar-refractivity contribution in [3.8, 4) is 5.88 Å². The molecule has 1 aliphatic rings. The number of nitrogens with zero attached hydrogens (tertiary/aromatic N) is 3. The Kier molecular flexibility index (Phi) is 7.44. The lowest BCUT2D eigenvalue weighted by Gasteiger charge is -2.34. The molecule has 0 saturated heterocycles. The van der Waals surface area contributed by atoms with Crippen LogP contribution in [0.15, 0.2) is 23.1 Å². The minimum atomic E-state index is -4.23. The molecule has 1 N–H and O–H groups in total. The van der Waals surface area contributed by atoms with Gasteiger partial charge in [-0.1, -0.05) is 6.08 Å². The normalized spacial score (nSPS) is 20.5. The summed E-state index contributed by atoms with van der Waals surface area (Å²) in [6, 6.07) is 0. The molecule has 0 amide bonds. The van der Waals surface area contributed by atoms with Gasteiger partial charge in [-0.25, -0.2) is 14.7 Å². The Bertz CT molecular complexity index is 837. The number of carbonyl (C=O) groups is 2. The Labute approximate surface area is 166 Å². The number of methoxy groups -OCH3 is 2. The topological polar surface area (TPSA) is 166 Å². The Hall–Kier alpha value is -2.37. The molecule has 1 aromatic heterocycles. The Morgan fingerprint density at radius 3 is 2.45 bits per heavy atom. The van der Waals surface area contributed by atoms with Crippen molar-refractivity contribution in [2.75, 3.05) is 33.5 Å². The van der Waals surface area contributed by atoms with Crippen molar-refractivity contribution in [1.29, 1.82) is 0 Å². The van der Waals surface area contributed by atoms with Crippen molar-refractivity contribution < 1.29 is 38.7 Å². The zero-order valence-corrected chi connectivity index (χ0v) is 16.9. The quantitative estimate of drug-likeness (QED) is 0.271. The highest BCUT2D eigenvalue weighted by molar-refractivity contribution is 7.60. The van der Waals surface area contributed by atoms with Crippen molar-refractivity contribution in [3.05, 3.63) is 34.4 Å². The molecule has 2 rings (SSSR count). The monoisotopic (exact) mass is 430 g/mol. The Morgan fingerprint density at radius 2 is 1.90 bits per heavy atom. The Balaban J connectivity index is 2.12. The molecule has 1 aliphatic heterocycles. The third-order valence-electron chi connectivity index (χ3n) is 4.11. The van der Waals surface area contributed by atoms with Gasteiger partial charge in [0.15, 0.2) is 14.1 Å². The maximum Gasteiger partial charge on any atom is 0.349 e. The van der Waals surface area contributed by atoms with Crippen LogP contribution in [0, 0.1) is 6.92 Å². The lowest BCUT2D eigenvalue weighted by molar-refractivity contribution is -0.276. The largest absolute Gasteiger partial charge is 0.858 e. The van der Waals surface area contributed by atoms with Gasteiger partial charge in [-0.15, -0.1) is 4.67 Å². The van der Waals surface area contributed by atoms with Gasteiger partial charge >= 0.3 is 17.6 Å². The van der Waals surface area contributed by atoms with Gasteiger partial charge in [0, 0.05) is 6.20 Å². The summed E-state index contributed by atoms with van der Waals surface area (Å²) in [7, 11) is -2.02. The zero-order chi connectivity index (χ0) is 21.8. The number of esters is 2. The SMILES string of the molecule is COC(=O)CN(CC(=O)OC)[P+]([O-])(O)C[C@@H]1C=C[C@H](n2cc(C)c([O-])nc2=O)O1. The summed E-state index contributed by atoms with van der Waals surface area (Å²) < 4.78 is 16.4. The van der Waals surface area contributed by atoms with Crippen LogP contribution in [0.5, 0.6) is 5.88 Å². The molecule has 13 heteroatoms. The standard InChI is InChI=1S/C16H22N3O9P/c1-10-6-19(16(23)17-15(10)22)12-5-4-11(28-12)9-29(24,25)18(7-13(20)26-2)8-14(21)27-3/h4-6,11-12H,7-9H2,1-3H3,(H,24,25)(H,17,22,23)/p-1/t11-,12+/m0/s1. The first kappa shape index (κ1) is 22.9. The molecule has 0 spiro atoms. The number of aromatic nitrogens is 2. The van der Waals surface area contributed by atoms with Crippen LogP contribution in [-0.2, 0) is 23.8 Å². The van der Waals surface area contributed by atoms with Crippen LogP contribution in [0.1, 0.15) is 11.8 Å². The Morgan fingerprint density at radius 1 is 1.31 bits per heavy atom. The maximum absolute atomic E-state index is 12.8. The second kappa shape index (κ2) is 9.42. The van der Waals surface area contributed by atoms with Gasteiger partial charge in [-0.3, -0.25) is 14.2 Å². The summed E-state index contributed by atoms with van der Waals surface area (Å²) in [5.74, 6) is -2.27. The van der Waals surface area contributed by atoms with E-state index in [9.17, 15) is 29.3 Å². The van der Waals surface area contributed by atoms with Crippen LogP contribution < -0.4 is 15.7 Å². The predicted octanol–water partition coefficient (Wildman–Crippen LogP) is -2.16. The smallest absolute Gasteiger partial charge is 0.349 e. The van der Waals surface area contributed by atoms with Crippen LogP contribution in [0.2, 0.25) is 0 Å². The van der Waals surface area contributed by atoms with Gasteiger partial charge in [0.05, 0.1) is 14.2 Å². The minimum absolute atomic E-state index is 0.236. The van der Waals surface area contributed by atoms with E-state index in [4.69, 9.17) is 4.74 Å². The van der Waals surface area contributed by atoms with E-state index in [1.807, 2.05) is 0 Å². The van der Waals surface area contributed by atoms with Crippen LogP contribution in [0.4, 0.5) is 0 Å². The molecule has 3 atom stereocenters. The molecule has 160 valence electrons. The minimum Gasteiger partial charge on any atom is -0.858 e. The van der Waals surface area contributed by atoms with Gasteiger partial charge < -0.3 is 24.2 Å². The molecular formula is C16H21N3O9P-. The molecular weight excluding hydrogens is 409 g/mol. The van der Waals surface area contributed by atoms with Crippen molar-refractivity contribution >= 4 is 19.8 Å². The molecule has 1 unspecified atom stereocenters. The van der Waals surface area contributed by atoms with E-state index in [-0.39, 0.29) is 5.56 Å². The van der Waals surface area contributed by atoms with Gasteiger partial charge in [-0.05, 0) is 24.4 Å². The number of hydrogen-bond acceptors (Lipinski definition) is 11. The summed E-state index contributed by atoms with van der Waals surface area (Å²) in [6.07, 6.45) is 1.95. The summed E-state index contributed by atoms with van der Waals surface area (Å²) >= 11 is 0. The van der Waals surface area contributed by atoms with E-state index in [1.54, 1.807) is 0 Å². The maximum atomic E-state index is 12.8. The van der Waals surface area contributed by atoms with Gasteiger partial charge in [-0.2, -0.15) is 0 Å². The number of hydrogen-bond donors (Lipinski definition) is 1. The van der Waals surface area contributed by atoms with Crippen LogP contribution in [-0.4, -0.2) is 70.6 Å². The molecule has 0 aliphatic carbocycles. The number of carbonyl (C=O) groups excluding carboxylic acids is 2. The molecule has 0 saturated carbocycles. The summed E-state index contributed by atoms with van der Waals surface area (Å²) in [6.45, 7) is 0.278. The van der Waals surface area contributed by atoms with E-state index < -0.39 is 63.0 Å². The van der Waals surface area contributed by atoms with Crippen LogP contribution in [0.3, 0.4) is 0 Å². The van der Waals surface area contributed by atoms with Gasteiger partial charge in [0.25, 0.3) is 0 Å². The second-order valence-electron chi connectivity index (χ2n) is 6.19. The van der Waals surface area contributed by atoms with Crippen molar-refractivity contribution in [2.45, 2.75) is 19.3 Å². The third kappa shape index (κ3) is 5.81. The lowest BCUT2D eigenvalue weighted by Crippen LogP contribution is -2.42. The molecule has 0 radical (unpaired) electrons. The van der Waals surface area contributed by atoms with Crippen LogP contribution in [0.25, 0.3) is 0 Å². The molecule has 0 aromatic carbocycles. The fraction of sp³-hybridized carbons (Fsp3) is 0.500. The van der Waals surface area contributed by atoms with Gasteiger partial charge in [0.1, 0.15) is 25.4 Å². The fourth-order valence-electron chi connectivity index (χ4n) is 2.54. The van der Waals surface area contributed by atoms with Gasteiger partial charge in [0.2, 0.25) is 0 Å². The second-order valence-corrected chi connectivity index (χ2v) is 8.45. The fourth-order valence-corrected chi connectivity index (χ4v) is 4.12. The summed E-state index contributed by atoms with van der Waals surface area (Å²) in [5.41, 5.74) is -0.582. The average Bonchev–Trinajstić information content (AvgIpc) is 3.11. The first-order valence-corrected chi connectivity index (χ1v) is 10.2. The van der Waals surface area contributed by atoms with Crippen molar-refractivity contribution in [1.82, 2.24) is 14.2 Å². The third-order valence-corrected chi connectivity index (χ3v) is 6.11. The molecule has 1 aromatic rings. The summed E-state index contributed by atoms with van der Waals surface area (Å²) in [5, 5.41) is 11.4. The van der Waals surface area contributed by atoms with Crippen molar-refractivity contribution in [3.63, 3.8) is 0 Å². The van der Waals surface area contributed by atoms with E-state index in [2.05, 4.69) is 14.5 Å². The highest BCUT2D eigenvalue weighted by Gasteiger charge is 2.40. The molecule has 29 heavy (non-hydrogen) atoms. The first-order chi connectivity index (χ1) is 13.6. The predicted molar refractivity (Wildman–Crippen MR) is 95.3 cm³/mol. The van der Waals surface area contributed by atoms with Crippen LogP contribution >= 0.6 is 7.87 Å². The van der Waals surface area contributed by atoms with E-state index in [1.165, 1.54) is 25.3 Å². The molecule has 0 bridgehead atoms. The zero-order valence-electron chi connectivity index (χ0n) is 16.0. The highest BCUT2D eigenvalue weighted by Crippen LogP contribution is 2.50. The van der Waals surface area contributed by atoms with Crippen molar-refractivity contribution in [2.24, 2.45) is 0 Å². The van der Waals surface area contributed by atoms with E-state index in [0.717, 1.165) is 23.5 Å². The molecule has 2 heterocycles. The first-order valence-electron chi connectivity index (χ1n) is 8.39. The number of ether oxygens (including phenoxy) is 3. The van der Waals surface area contributed by atoms with E-state index in [0.29, 0.717) is 0 Å². The van der Waals surface area contributed by atoms with E-state index >= 15 is 0 Å². The average molecular weight is 430 g/mol. The molecule has 12 nitrogen and oxygen atoms in total. The number of aryl methyl sites for hydroxylation is 1. The molecule has 0 fully saturated rings. The lowest BCUT2D eigenvalue weighted by atomic mass is 10.3. The highest BCUT2D eigenvalue weighted by atomic mass is 31.2. The summed E-state index contributed by atoms with van der Waals surface area (Å²) in [4.78, 5) is 61.6.